The summed E-state index contributed by atoms with van der Waals surface area (Å²) in [7, 11) is 0. The number of carbonyl (C=O) groups is 1. The fraction of sp³-hybridized carbons (Fsp3) is 0.364. The molecular formula is C11H6F8O. The molecule has 112 valence electrons. The fourth-order valence-corrected chi connectivity index (χ4v) is 1.47. The Labute approximate surface area is 107 Å². The van der Waals surface area contributed by atoms with Gasteiger partial charge >= 0.3 is 12.4 Å². The van der Waals surface area contributed by atoms with Gasteiger partial charge in [0.2, 0.25) is 5.92 Å². The van der Waals surface area contributed by atoms with Crippen LogP contribution in [0.1, 0.15) is 15.9 Å². The summed E-state index contributed by atoms with van der Waals surface area (Å²) in [5.74, 6) is -10.7. The Morgan fingerprint density at radius 2 is 1.40 bits per heavy atom. The van der Waals surface area contributed by atoms with Gasteiger partial charge in [-0.2, -0.15) is 26.3 Å². The first-order valence-corrected chi connectivity index (χ1v) is 4.99. The smallest absolute Gasteiger partial charge is 0.293 e. The number of alkyl halides is 6. The van der Waals surface area contributed by atoms with E-state index in [1.165, 1.54) is 0 Å². The number of hydrogen-bond acceptors (Lipinski definition) is 1. The topological polar surface area (TPSA) is 17.1 Å². The van der Waals surface area contributed by atoms with E-state index in [4.69, 9.17) is 0 Å². The van der Waals surface area contributed by atoms with E-state index in [-0.39, 0.29) is 5.56 Å². The number of aryl methyl sites for hydroxylation is 1. The summed E-state index contributed by atoms with van der Waals surface area (Å²) in [6, 6.07) is 1.11. The average Bonchev–Trinajstić information content (AvgIpc) is 2.21. The van der Waals surface area contributed by atoms with E-state index in [2.05, 4.69) is 0 Å². The number of carbonyl (C=O) groups excluding carboxylic acids is 1. The third-order valence-electron chi connectivity index (χ3n) is 2.46. The molecule has 20 heavy (non-hydrogen) atoms. The van der Waals surface area contributed by atoms with Crippen LogP contribution in [-0.4, -0.2) is 18.1 Å². The van der Waals surface area contributed by atoms with Crippen LogP contribution < -0.4 is 0 Å². The molecule has 0 saturated heterocycles. The van der Waals surface area contributed by atoms with Crippen LogP contribution in [0.25, 0.3) is 0 Å². The normalized spacial score (nSPS) is 12.9. The molecule has 1 nitrogen and oxygen atoms in total. The van der Waals surface area contributed by atoms with Gasteiger partial charge in [-0.25, -0.2) is 8.78 Å². The molecular weight excluding hydrogens is 300 g/mol. The van der Waals surface area contributed by atoms with Gasteiger partial charge in [-0.1, -0.05) is 6.07 Å². The molecule has 0 amide bonds. The van der Waals surface area contributed by atoms with Gasteiger partial charge in [-0.05, 0) is 18.6 Å². The maximum Gasteiger partial charge on any atom is 0.407 e. The van der Waals surface area contributed by atoms with Gasteiger partial charge in [-0.3, -0.25) is 4.79 Å². The number of Topliss-reactive ketones (excluding diaryl/α,β-unsaturated/α-hetero) is 1. The van der Waals surface area contributed by atoms with Crippen molar-refractivity contribution in [1.29, 1.82) is 0 Å². The molecule has 1 aromatic carbocycles. The SMILES string of the molecule is Cc1ccc(C(=O)C(C(F)(F)F)C(F)(F)F)c(F)c1F. The minimum absolute atomic E-state index is 0.352. The minimum atomic E-state index is -5.96. The van der Waals surface area contributed by atoms with Crippen molar-refractivity contribution in [3.63, 3.8) is 0 Å². The van der Waals surface area contributed by atoms with E-state index in [9.17, 15) is 39.9 Å². The summed E-state index contributed by atoms with van der Waals surface area (Å²) >= 11 is 0. The van der Waals surface area contributed by atoms with Crippen molar-refractivity contribution in [2.45, 2.75) is 19.3 Å². The molecule has 0 aliphatic rings. The van der Waals surface area contributed by atoms with E-state index in [1.54, 1.807) is 0 Å². The molecule has 0 radical (unpaired) electrons. The standard InChI is InChI=1S/C11H6F8O/c1-4-2-3-5(7(13)6(4)12)8(20)9(10(14,15)16)11(17,18)19/h2-3,9H,1H3. The first-order chi connectivity index (χ1) is 8.87. The molecule has 0 fully saturated rings. The second kappa shape index (κ2) is 5.02. The average molecular weight is 306 g/mol. The Morgan fingerprint density at radius 3 is 1.80 bits per heavy atom. The molecule has 0 aliphatic heterocycles. The van der Waals surface area contributed by atoms with Crippen molar-refractivity contribution in [3.8, 4) is 0 Å². The summed E-state index contributed by atoms with van der Waals surface area (Å²) in [5.41, 5.74) is -1.94. The monoisotopic (exact) mass is 306 g/mol. The van der Waals surface area contributed by atoms with Crippen LogP contribution in [0, 0.1) is 24.5 Å². The van der Waals surface area contributed by atoms with Crippen molar-refractivity contribution in [1.82, 2.24) is 0 Å². The van der Waals surface area contributed by atoms with Crippen molar-refractivity contribution in [3.05, 3.63) is 34.9 Å². The Kier molecular flexibility index (Phi) is 4.12. The summed E-state index contributed by atoms with van der Waals surface area (Å²) in [5, 5.41) is 0. The number of hydrogen-bond donors (Lipinski definition) is 0. The van der Waals surface area contributed by atoms with Crippen molar-refractivity contribution in [2.24, 2.45) is 5.92 Å². The number of benzene rings is 1. The molecule has 9 heteroatoms. The van der Waals surface area contributed by atoms with Crippen LogP contribution in [0.15, 0.2) is 12.1 Å². The van der Waals surface area contributed by atoms with Crippen molar-refractivity contribution in [2.75, 3.05) is 0 Å². The molecule has 1 aromatic rings. The highest BCUT2D eigenvalue weighted by molar-refractivity contribution is 5.99. The second-order valence-electron chi connectivity index (χ2n) is 3.94. The van der Waals surface area contributed by atoms with Crippen LogP contribution in [0.3, 0.4) is 0 Å². The predicted molar refractivity (Wildman–Crippen MR) is 51.0 cm³/mol. The molecule has 0 N–H and O–H groups in total. The molecule has 0 aliphatic carbocycles. The van der Waals surface area contributed by atoms with Gasteiger partial charge in [0.25, 0.3) is 0 Å². The summed E-state index contributed by atoms with van der Waals surface area (Å²) in [4.78, 5) is 11.3. The maximum absolute atomic E-state index is 13.3. The summed E-state index contributed by atoms with van der Waals surface area (Å²) < 4.78 is 100. The lowest BCUT2D eigenvalue weighted by Crippen LogP contribution is -2.42. The molecule has 1 rings (SSSR count). The lowest BCUT2D eigenvalue weighted by atomic mass is 9.95. The van der Waals surface area contributed by atoms with E-state index >= 15 is 0 Å². The van der Waals surface area contributed by atoms with Crippen LogP contribution in [0.5, 0.6) is 0 Å². The molecule has 0 unspecified atom stereocenters. The van der Waals surface area contributed by atoms with Gasteiger partial charge in [0, 0.05) is 0 Å². The van der Waals surface area contributed by atoms with Crippen LogP contribution in [0.2, 0.25) is 0 Å². The predicted octanol–water partition coefficient (Wildman–Crippen LogP) is 4.20. The molecule has 0 aromatic heterocycles. The van der Waals surface area contributed by atoms with Gasteiger partial charge < -0.3 is 0 Å². The third-order valence-corrected chi connectivity index (χ3v) is 2.46. The molecule has 0 heterocycles. The lowest BCUT2D eigenvalue weighted by molar-refractivity contribution is -0.264. The first-order valence-electron chi connectivity index (χ1n) is 4.99. The van der Waals surface area contributed by atoms with Gasteiger partial charge in [0.1, 0.15) is 0 Å². The van der Waals surface area contributed by atoms with E-state index in [0.717, 1.165) is 13.0 Å². The number of ketones is 1. The van der Waals surface area contributed by atoms with E-state index in [0.29, 0.717) is 6.07 Å². The molecule has 0 spiro atoms. The van der Waals surface area contributed by atoms with Crippen LogP contribution >= 0.6 is 0 Å². The quantitative estimate of drug-likeness (QED) is 0.591. The van der Waals surface area contributed by atoms with Crippen LogP contribution in [0.4, 0.5) is 35.1 Å². The molecule has 0 saturated carbocycles. The Balaban J connectivity index is 3.39. The Hall–Kier alpha value is -1.67. The number of rotatable bonds is 2. The van der Waals surface area contributed by atoms with Crippen molar-refractivity contribution < 1.29 is 39.9 Å². The highest BCUT2D eigenvalue weighted by Gasteiger charge is 2.61. The highest BCUT2D eigenvalue weighted by atomic mass is 19.4. The number of halogens is 8. The zero-order chi connectivity index (χ0) is 15.9. The van der Waals surface area contributed by atoms with Crippen LogP contribution in [-0.2, 0) is 0 Å². The van der Waals surface area contributed by atoms with E-state index < -0.39 is 41.3 Å². The van der Waals surface area contributed by atoms with Crippen molar-refractivity contribution >= 4 is 5.78 Å². The largest absolute Gasteiger partial charge is 0.407 e. The zero-order valence-corrected chi connectivity index (χ0v) is 9.66. The van der Waals surface area contributed by atoms with Gasteiger partial charge in [-0.15, -0.1) is 0 Å². The Morgan fingerprint density at radius 1 is 0.950 bits per heavy atom. The fourth-order valence-electron chi connectivity index (χ4n) is 1.47. The zero-order valence-electron chi connectivity index (χ0n) is 9.66. The first kappa shape index (κ1) is 16.4. The third kappa shape index (κ3) is 3.07. The molecule has 0 atom stereocenters. The summed E-state index contributed by atoms with van der Waals surface area (Å²) in [6.07, 6.45) is -11.9. The lowest BCUT2D eigenvalue weighted by Gasteiger charge is -2.22. The Bertz CT molecular complexity index is 514. The maximum atomic E-state index is 13.3. The molecule has 0 bridgehead atoms. The second-order valence-corrected chi connectivity index (χ2v) is 3.94. The minimum Gasteiger partial charge on any atom is -0.293 e. The van der Waals surface area contributed by atoms with E-state index in [1.807, 2.05) is 0 Å². The van der Waals surface area contributed by atoms with Gasteiger partial charge in [0.15, 0.2) is 17.4 Å². The summed E-state index contributed by atoms with van der Waals surface area (Å²) in [6.45, 7) is 1.04. The van der Waals surface area contributed by atoms with Gasteiger partial charge in [0.05, 0.1) is 5.56 Å². The highest BCUT2D eigenvalue weighted by Crippen LogP contribution is 2.41.